The first-order valence-electron chi connectivity index (χ1n) is 7.69. The third-order valence-electron chi connectivity index (χ3n) is 5.70. The van der Waals surface area contributed by atoms with Crippen molar-refractivity contribution in [1.82, 2.24) is 0 Å². The zero-order chi connectivity index (χ0) is 13.0. The summed E-state index contributed by atoms with van der Waals surface area (Å²) in [5.74, 6) is 3.85. The number of likely N-dealkylation sites (N-methyl/N-ethyl adjacent to an activating group) is 2. The van der Waals surface area contributed by atoms with E-state index in [1.807, 2.05) is 0 Å². The average molecular weight is 504 g/mol. The maximum Gasteiger partial charge on any atom is 0.128 e. The van der Waals surface area contributed by atoms with Crippen LogP contribution in [0.3, 0.4) is 0 Å². The second-order valence-corrected chi connectivity index (χ2v) is 8.34. The lowest BCUT2D eigenvalue weighted by Crippen LogP contribution is -3.00. The van der Waals surface area contributed by atoms with Gasteiger partial charge in [-0.05, 0) is 24.7 Å². The lowest BCUT2D eigenvalue weighted by Gasteiger charge is -2.38. The Bertz CT molecular complexity index is 340. The van der Waals surface area contributed by atoms with E-state index in [4.69, 9.17) is 0 Å². The fraction of sp³-hybridized carbons (Fsp3) is 0.875. The van der Waals surface area contributed by atoms with Crippen LogP contribution in [0.25, 0.3) is 0 Å². The molecule has 4 heteroatoms. The standard InChI is InChI=1S/C16H30N2.2HI/c1-17(2,3)9-10-18(4)11-15-13-5-6-14(8-7-13)16(15)12-18;;/h5-6,13-16H,7-12H2,1-4H3;2*1H/q+2;;/p-2. The van der Waals surface area contributed by atoms with Gasteiger partial charge in [0.25, 0.3) is 0 Å². The van der Waals surface area contributed by atoms with Crippen LogP contribution in [0.15, 0.2) is 12.2 Å². The van der Waals surface area contributed by atoms with Gasteiger partial charge in [-0.2, -0.15) is 0 Å². The molecular formula is C16H30I2N2. The van der Waals surface area contributed by atoms with Gasteiger partial charge in [0.1, 0.15) is 13.1 Å². The van der Waals surface area contributed by atoms with Gasteiger partial charge in [-0.1, -0.05) is 12.2 Å². The molecule has 1 saturated heterocycles. The summed E-state index contributed by atoms with van der Waals surface area (Å²) in [5.41, 5.74) is 0. The molecule has 0 N–H and O–H groups in total. The van der Waals surface area contributed by atoms with Gasteiger partial charge in [-0.15, -0.1) is 0 Å². The van der Waals surface area contributed by atoms with Crippen LogP contribution < -0.4 is 48.0 Å². The van der Waals surface area contributed by atoms with E-state index in [0.717, 1.165) is 28.2 Å². The van der Waals surface area contributed by atoms with Crippen LogP contribution in [0.2, 0.25) is 0 Å². The molecule has 0 aromatic carbocycles. The molecule has 4 aliphatic rings. The summed E-state index contributed by atoms with van der Waals surface area (Å²) in [6.07, 6.45) is 8.03. The molecule has 2 bridgehead atoms. The van der Waals surface area contributed by atoms with E-state index in [2.05, 4.69) is 40.3 Å². The SMILES string of the molecule is C[N+](C)(C)CC[N+]1(C)CC2C3C=CC(CC3)C2C1.[I-].[I-]. The summed E-state index contributed by atoms with van der Waals surface area (Å²) in [4.78, 5) is 0. The molecule has 0 aromatic heterocycles. The molecule has 0 aromatic rings. The van der Waals surface area contributed by atoms with Crippen molar-refractivity contribution < 1.29 is 56.9 Å². The van der Waals surface area contributed by atoms with E-state index in [0.29, 0.717) is 0 Å². The molecule has 1 saturated carbocycles. The number of likely N-dealkylation sites (tertiary alicyclic amines) is 1. The van der Waals surface area contributed by atoms with Gasteiger partial charge in [-0.3, -0.25) is 0 Å². The first-order chi connectivity index (χ1) is 8.36. The van der Waals surface area contributed by atoms with Gasteiger partial charge in [-0.25, -0.2) is 0 Å². The van der Waals surface area contributed by atoms with Crippen LogP contribution in [0.4, 0.5) is 0 Å². The first-order valence-corrected chi connectivity index (χ1v) is 7.69. The van der Waals surface area contributed by atoms with Gasteiger partial charge >= 0.3 is 0 Å². The van der Waals surface area contributed by atoms with Crippen molar-refractivity contribution >= 4 is 0 Å². The van der Waals surface area contributed by atoms with Crippen molar-refractivity contribution in [2.24, 2.45) is 23.7 Å². The predicted molar refractivity (Wildman–Crippen MR) is 76.0 cm³/mol. The third kappa shape index (κ3) is 3.90. The normalized spacial score (nSPS) is 41.8. The van der Waals surface area contributed by atoms with Gasteiger partial charge < -0.3 is 56.9 Å². The minimum Gasteiger partial charge on any atom is -1.00 e. The molecule has 20 heavy (non-hydrogen) atoms. The van der Waals surface area contributed by atoms with Crippen LogP contribution in [0.1, 0.15) is 12.8 Å². The number of quaternary nitrogens is 2. The highest BCUT2D eigenvalue weighted by molar-refractivity contribution is 5.10. The molecule has 0 radical (unpaired) electrons. The fourth-order valence-corrected chi connectivity index (χ4v) is 4.57. The molecule has 1 aliphatic heterocycles. The summed E-state index contributed by atoms with van der Waals surface area (Å²) in [7, 11) is 9.47. The summed E-state index contributed by atoms with van der Waals surface area (Å²) < 4.78 is 2.44. The number of nitrogens with zero attached hydrogens (tertiary/aromatic N) is 2. The highest BCUT2D eigenvalue weighted by atomic mass is 127. The second kappa shape index (κ2) is 6.71. The molecule has 4 rings (SSSR count). The number of fused-ring (bicyclic) bond motifs is 1. The van der Waals surface area contributed by atoms with Crippen molar-refractivity contribution in [3.8, 4) is 0 Å². The zero-order valence-corrected chi connectivity index (χ0v) is 17.7. The topological polar surface area (TPSA) is 0 Å². The second-order valence-electron chi connectivity index (χ2n) is 8.34. The van der Waals surface area contributed by atoms with Gasteiger partial charge in [0.15, 0.2) is 0 Å². The predicted octanol–water partition coefficient (Wildman–Crippen LogP) is -4.01. The molecule has 4 unspecified atom stereocenters. The number of hydrogen-bond donors (Lipinski definition) is 0. The van der Waals surface area contributed by atoms with Crippen molar-refractivity contribution in [3.63, 3.8) is 0 Å². The number of hydrogen-bond acceptors (Lipinski definition) is 0. The highest BCUT2D eigenvalue weighted by Crippen LogP contribution is 2.49. The van der Waals surface area contributed by atoms with E-state index >= 15 is 0 Å². The molecule has 0 amide bonds. The number of rotatable bonds is 3. The Kier molecular flexibility index (Phi) is 6.43. The Hall–Kier alpha value is 1.12. The molecule has 118 valence electrons. The van der Waals surface area contributed by atoms with E-state index in [1.54, 1.807) is 0 Å². The van der Waals surface area contributed by atoms with Crippen molar-refractivity contribution in [2.75, 3.05) is 54.4 Å². The molecule has 3 aliphatic carbocycles. The Balaban J connectivity index is 0.000001000. The molecule has 1 heterocycles. The Labute approximate surface area is 159 Å². The zero-order valence-electron chi connectivity index (χ0n) is 13.4. The van der Waals surface area contributed by atoms with E-state index in [-0.39, 0.29) is 48.0 Å². The average Bonchev–Trinajstić information content (AvgIpc) is 2.67. The van der Waals surface area contributed by atoms with Crippen LogP contribution >= 0.6 is 0 Å². The summed E-state index contributed by atoms with van der Waals surface area (Å²) in [5, 5.41) is 0. The van der Waals surface area contributed by atoms with Crippen molar-refractivity contribution in [2.45, 2.75) is 12.8 Å². The third-order valence-corrected chi connectivity index (χ3v) is 5.70. The van der Waals surface area contributed by atoms with Crippen molar-refractivity contribution in [1.29, 1.82) is 0 Å². The van der Waals surface area contributed by atoms with E-state index in [1.165, 1.54) is 43.5 Å². The van der Waals surface area contributed by atoms with Crippen LogP contribution in [-0.4, -0.2) is 63.3 Å². The highest BCUT2D eigenvalue weighted by Gasteiger charge is 2.52. The summed E-state index contributed by atoms with van der Waals surface area (Å²) in [6.45, 7) is 5.54. The largest absolute Gasteiger partial charge is 1.00 e. The van der Waals surface area contributed by atoms with Crippen LogP contribution in [-0.2, 0) is 0 Å². The maximum atomic E-state index is 2.55. The number of allylic oxidation sites excluding steroid dienone is 2. The smallest absolute Gasteiger partial charge is 0.128 e. The van der Waals surface area contributed by atoms with Crippen LogP contribution in [0.5, 0.6) is 0 Å². The minimum atomic E-state index is 0. The van der Waals surface area contributed by atoms with Gasteiger partial charge in [0.05, 0.1) is 41.3 Å². The van der Waals surface area contributed by atoms with Crippen LogP contribution in [0, 0.1) is 23.7 Å². The Morgan fingerprint density at radius 2 is 1.40 bits per heavy atom. The fourth-order valence-electron chi connectivity index (χ4n) is 4.57. The number of halogens is 2. The van der Waals surface area contributed by atoms with Gasteiger partial charge in [0.2, 0.25) is 0 Å². The molecule has 0 spiro atoms. The maximum absolute atomic E-state index is 2.55. The first kappa shape index (κ1) is 19.2. The minimum absolute atomic E-state index is 0. The van der Waals surface area contributed by atoms with Gasteiger partial charge in [0, 0.05) is 11.8 Å². The summed E-state index contributed by atoms with van der Waals surface area (Å²) >= 11 is 0. The molecule has 4 atom stereocenters. The summed E-state index contributed by atoms with van der Waals surface area (Å²) in [6, 6.07) is 0. The van der Waals surface area contributed by atoms with E-state index in [9.17, 15) is 0 Å². The van der Waals surface area contributed by atoms with E-state index < -0.39 is 0 Å². The quantitative estimate of drug-likeness (QED) is 0.209. The monoisotopic (exact) mass is 504 g/mol. The lowest BCUT2D eigenvalue weighted by molar-refractivity contribution is -0.943. The molecular weight excluding hydrogens is 474 g/mol. The van der Waals surface area contributed by atoms with Crippen molar-refractivity contribution in [3.05, 3.63) is 12.2 Å². The Morgan fingerprint density at radius 1 is 0.950 bits per heavy atom. The Morgan fingerprint density at radius 3 is 1.75 bits per heavy atom. The molecule has 2 fully saturated rings. The molecule has 2 nitrogen and oxygen atoms in total. The lowest BCUT2D eigenvalue weighted by atomic mass is 9.64.